The van der Waals surface area contributed by atoms with Crippen LogP contribution in [-0.4, -0.2) is 9.13 Å². The van der Waals surface area contributed by atoms with E-state index in [-0.39, 0.29) is 5.82 Å². The molecule has 4 heteroatoms. The van der Waals surface area contributed by atoms with Crippen LogP contribution in [0.5, 0.6) is 0 Å². The van der Waals surface area contributed by atoms with Gasteiger partial charge in [0, 0.05) is 32.9 Å². The number of fused-ring (bicyclic) bond motifs is 6. The van der Waals surface area contributed by atoms with Gasteiger partial charge in [0.25, 0.3) is 0 Å². The molecule has 0 aliphatic rings. The van der Waals surface area contributed by atoms with Gasteiger partial charge in [0.05, 0.1) is 33.7 Å². The molecule has 0 N–H and O–H groups in total. The fourth-order valence-electron chi connectivity index (χ4n) is 6.22. The number of hydrogen-bond donors (Lipinski definition) is 0. The van der Waals surface area contributed by atoms with E-state index in [1.807, 2.05) is 60.7 Å². The van der Waals surface area contributed by atoms with Gasteiger partial charge < -0.3 is 9.13 Å². The van der Waals surface area contributed by atoms with Crippen LogP contribution in [0.1, 0.15) is 5.56 Å². The van der Waals surface area contributed by atoms with Crippen LogP contribution in [0, 0.1) is 17.1 Å². The molecule has 0 fully saturated rings. The fraction of sp³-hybridized carbons (Fsp3) is 0. The highest BCUT2D eigenvalue weighted by Gasteiger charge is 2.16. The van der Waals surface area contributed by atoms with Gasteiger partial charge >= 0.3 is 0 Å². The maximum atomic E-state index is 15.4. The molecular formula is C37H22FN3. The third-order valence-electron chi connectivity index (χ3n) is 7.96. The van der Waals surface area contributed by atoms with E-state index >= 15 is 4.39 Å². The van der Waals surface area contributed by atoms with E-state index in [2.05, 4.69) is 75.9 Å². The van der Waals surface area contributed by atoms with Gasteiger partial charge in [0.1, 0.15) is 5.82 Å². The van der Waals surface area contributed by atoms with E-state index in [0.717, 1.165) is 55.3 Å². The second-order valence-electron chi connectivity index (χ2n) is 10.3. The Bertz CT molecular complexity index is 2300. The second kappa shape index (κ2) is 8.94. The maximum Gasteiger partial charge on any atom is 0.125 e. The molecule has 3 nitrogen and oxygen atoms in total. The first-order valence-electron chi connectivity index (χ1n) is 13.5. The van der Waals surface area contributed by atoms with Crippen LogP contribution < -0.4 is 0 Å². The fourth-order valence-corrected chi connectivity index (χ4v) is 6.22. The molecule has 0 aliphatic heterocycles. The van der Waals surface area contributed by atoms with Crippen LogP contribution in [0.25, 0.3) is 66.1 Å². The number of halogens is 1. The van der Waals surface area contributed by atoms with Crippen LogP contribution in [-0.2, 0) is 0 Å². The van der Waals surface area contributed by atoms with Crippen molar-refractivity contribution in [3.05, 3.63) is 145 Å². The molecule has 0 unspecified atom stereocenters. The summed E-state index contributed by atoms with van der Waals surface area (Å²) in [6, 6.07) is 46.3. The van der Waals surface area contributed by atoms with Crippen molar-refractivity contribution in [2.45, 2.75) is 0 Å². The molecule has 0 aliphatic carbocycles. The van der Waals surface area contributed by atoms with Crippen molar-refractivity contribution in [3.63, 3.8) is 0 Å². The largest absolute Gasteiger partial charge is 0.309 e. The summed E-state index contributed by atoms with van der Waals surface area (Å²) in [4.78, 5) is 0. The lowest BCUT2D eigenvalue weighted by Gasteiger charge is -2.13. The van der Waals surface area contributed by atoms with Gasteiger partial charge in [0.2, 0.25) is 0 Å². The SMILES string of the molecule is N#Cc1ccc2c(c1)c1ccccc1n2-c1cc(F)cc(-c2cccc(-n3c4ccccc4c4ccccc43)c2)c1. The molecular weight excluding hydrogens is 505 g/mol. The minimum absolute atomic E-state index is 0.306. The van der Waals surface area contributed by atoms with Crippen molar-refractivity contribution >= 4 is 43.6 Å². The molecule has 8 aromatic rings. The average molecular weight is 528 g/mol. The summed E-state index contributed by atoms with van der Waals surface area (Å²) in [5, 5.41) is 13.9. The van der Waals surface area contributed by atoms with Crippen molar-refractivity contribution in [1.82, 2.24) is 9.13 Å². The van der Waals surface area contributed by atoms with Gasteiger partial charge in [-0.1, -0.05) is 66.7 Å². The summed E-state index contributed by atoms with van der Waals surface area (Å²) in [6.45, 7) is 0. The van der Waals surface area contributed by atoms with Crippen molar-refractivity contribution in [1.29, 1.82) is 5.26 Å². The average Bonchev–Trinajstić information content (AvgIpc) is 3.53. The number of para-hydroxylation sites is 3. The van der Waals surface area contributed by atoms with Gasteiger partial charge in [-0.2, -0.15) is 5.26 Å². The van der Waals surface area contributed by atoms with E-state index in [4.69, 9.17) is 0 Å². The van der Waals surface area contributed by atoms with Crippen LogP contribution in [0.15, 0.2) is 133 Å². The highest BCUT2D eigenvalue weighted by atomic mass is 19.1. The summed E-state index contributed by atoms with van der Waals surface area (Å²) in [7, 11) is 0. The number of hydrogen-bond acceptors (Lipinski definition) is 1. The maximum absolute atomic E-state index is 15.4. The number of rotatable bonds is 3. The van der Waals surface area contributed by atoms with Gasteiger partial charge in [-0.05, 0) is 77.9 Å². The van der Waals surface area contributed by atoms with E-state index in [1.165, 1.54) is 10.8 Å². The molecule has 0 atom stereocenters. The minimum atomic E-state index is -0.306. The van der Waals surface area contributed by atoms with E-state index in [9.17, 15) is 5.26 Å². The smallest absolute Gasteiger partial charge is 0.125 e. The van der Waals surface area contributed by atoms with Crippen LogP contribution >= 0.6 is 0 Å². The van der Waals surface area contributed by atoms with E-state index in [1.54, 1.807) is 12.1 Å². The van der Waals surface area contributed by atoms with Crippen molar-refractivity contribution < 1.29 is 4.39 Å². The Morgan fingerprint density at radius 2 is 1.02 bits per heavy atom. The Morgan fingerprint density at radius 1 is 0.463 bits per heavy atom. The molecule has 0 amide bonds. The number of benzene rings is 6. The lowest BCUT2D eigenvalue weighted by molar-refractivity contribution is 0.627. The van der Waals surface area contributed by atoms with E-state index in [0.29, 0.717) is 5.56 Å². The molecule has 0 spiro atoms. The quantitative estimate of drug-likeness (QED) is 0.225. The zero-order chi connectivity index (χ0) is 27.5. The molecule has 2 heterocycles. The van der Waals surface area contributed by atoms with Gasteiger partial charge in [0.15, 0.2) is 0 Å². The molecule has 0 radical (unpaired) electrons. The Kier molecular flexibility index (Phi) is 5.07. The molecule has 0 saturated carbocycles. The normalized spacial score (nSPS) is 11.5. The van der Waals surface area contributed by atoms with Crippen molar-refractivity contribution in [2.75, 3.05) is 0 Å². The summed E-state index contributed by atoms with van der Waals surface area (Å²) < 4.78 is 19.7. The van der Waals surface area contributed by atoms with Gasteiger partial charge in [-0.15, -0.1) is 0 Å². The third-order valence-corrected chi connectivity index (χ3v) is 7.96. The number of nitriles is 1. The van der Waals surface area contributed by atoms with Gasteiger partial charge in [-0.3, -0.25) is 0 Å². The Labute approximate surface area is 235 Å². The van der Waals surface area contributed by atoms with Crippen LogP contribution in [0.2, 0.25) is 0 Å². The molecule has 192 valence electrons. The molecule has 0 saturated heterocycles. The van der Waals surface area contributed by atoms with Crippen LogP contribution in [0.4, 0.5) is 4.39 Å². The molecule has 2 aromatic heterocycles. The van der Waals surface area contributed by atoms with Crippen molar-refractivity contribution in [2.24, 2.45) is 0 Å². The lowest BCUT2D eigenvalue weighted by atomic mass is 10.0. The minimum Gasteiger partial charge on any atom is -0.309 e. The van der Waals surface area contributed by atoms with Crippen LogP contribution in [0.3, 0.4) is 0 Å². The lowest BCUT2D eigenvalue weighted by Crippen LogP contribution is -1.97. The Morgan fingerprint density at radius 3 is 1.68 bits per heavy atom. The predicted molar refractivity (Wildman–Crippen MR) is 165 cm³/mol. The Hall–Kier alpha value is -5.66. The molecule has 8 rings (SSSR count). The number of nitrogens with zero attached hydrogens (tertiary/aromatic N) is 3. The highest BCUT2D eigenvalue weighted by Crippen LogP contribution is 2.36. The monoisotopic (exact) mass is 527 g/mol. The highest BCUT2D eigenvalue weighted by molar-refractivity contribution is 6.10. The van der Waals surface area contributed by atoms with E-state index < -0.39 is 0 Å². The third kappa shape index (κ3) is 3.57. The molecule has 6 aromatic carbocycles. The summed E-state index contributed by atoms with van der Waals surface area (Å²) in [5.74, 6) is -0.306. The standard InChI is InChI=1S/C37H22FN3/c38-27-19-26(21-29(22-27)41-36-15-6-3-12-32(36)33-18-24(23-39)16-17-37(33)41)25-8-7-9-28(20-25)40-34-13-4-1-10-30(34)31-11-2-5-14-35(31)40/h1-22H. The Balaban J connectivity index is 1.33. The van der Waals surface area contributed by atoms with Crippen molar-refractivity contribution in [3.8, 4) is 28.6 Å². The molecule has 0 bridgehead atoms. The first-order valence-corrected chi connectivity index (χ1v) is 13.5. The zero-order valence-electron chi connectivity index (χ0n) is 21.9. The topological polar surface area (TPSA) is 33.6 Å². The zero-order valence-corrected chi connectivity index (χ0v) is 21.9. The summed E-state index contributed by atoms with van der Waals surface area (Å²) in [5.41, 5.74) is 8.24. The van der Waals surface area contributed by atoms with Gasteiger partial charge in [-0.25, -0.2) is 4.39 Å². The summed E-state index contributed by atoms with van der Waals surface area (Å²) >= 11 is 0. The number of aromatic nitrogens is 2. The second-order valence-corrected chi connectivity index (χ2v) is 10.3. The molecule has 41 heavy (non-hydrogen) atoms. The first-order chi connectivity index (χ1) is 20.2. The predicted octanol–water partition coefficient (Wildman–Crippen LogP) is 9.56. The first kappa shape index (κ1) is 23.2. The summed E-state index contributed by atoms with van der Waals surface area (Å²) in [6.07, 6.45) is 0.